The predicted molar refractivity (Wildman–Crippen MR) is 79.3 cm³/mol. The van der Waals surface area contributed by atoms with E-state index in [-0.39, 0.29) is 11.8 Å². The van der Waals surface area contributed by atoms with E-state index >= 15 is 0 Å². The number of nitrogens with one attached hydrogen (secondary N) is 1. The number of piperazine rings is 1. The van der Waals surface area contributed by atoms with Crippen LogP contribution >= 0.6 is 0 Å². The molecule has 1 aromatic rings. The van der Waals surface area contributed by atoms with E-state index in [4.69, 9.17) is 0 Å². The average molecular weight is 292 g/mol. The highest BCUT2D eigenvalue weighted by atomic mass is 16.2. The first-order valence-corrected chi connectivity index (χ1v) is 7.39. The molecule has 0 aromatic carbocycles. The lowest BCUT2D eigenvalue weighted by atomic mass is 9.83. The van der Waals surface area contributed by atoms with Crippen LogP contribution in [0.1, 0.15) is 46.1 Å². The van der Waals surface area contributed by atoms with Gasteiger partial charge in [-0.25, -0.2) is 0 Å². The second-order valence-corrected chi connectivity index (χ2v) is 6.22. The first kappa shape index (κ1) is 15.5. The van der Waals surface area contributed by atoms with Gasteiger partial charge in [-0.3, -0.25) is 14.3 Å². The highest BCUT2D eigenvalue weighted by Crippen LogP contribution is 2.31. The molecule has 2 rings (SSSR count). The van der Waals surface area contributed by atoms with Crippen molar-refractivity contribution in [1.82, 2.24) is 20.0 Å². The summed E-state index contributed by atoms with van der Waals surface area (Å²) < 4.78 is 1.70. The van der Waals surface area contributed by atoms with Crippen LogP contribution in [0.4, 0.5) is 0 Å². The number of nitrogens with zero attached hydrogens (tertiary/aromatic N) is 3. The van der Waals surface area contributed by atoms with E-state index in [1.165, 1.54) is 0 Å². The number of amides is 2. The Balaban J connectivity index is 2.38. The van der Waals surface area contributed by atoms with E-state index in [0.29, 0.717) is 19.4 Å². The summed E-state index contributed by atoms with van der Waals surface area (Å²) in [5, 5.41) is 7.07. The number of aryl methyl sites for hydroxylation is 1. The second-order valence-electron chi connectivity index (χ2n) is 6.22. The minimum absolute atomic E-state index is 0.0130. The zero-order valence-corrected chi connectivity index (χ0v) is 13.4. The van der Waals surface area contributed by atoms with Gasteiger partial charge in [-0.05, 0) is 26.7 Å². The van der Waals surface area contributed by atoms with Crippen LogP contribution in [0.5, 0.6) is 0 Å². The van der Waals surface area contributed by atoms with Crippen molar-refractivity contribution in [1.29, 1.82) is 0 Å². The van der Waals surface area contributed by atoms with E-state index in [0.717, 1.165) is 5.56 Å². The Morgan fingerprint density at radius 2 is 1.86 bits per heavy atom. The number of rotatable bonds is 4. The Kier molecular flexibility index (Phi) is 3.82. The van der Waals surface area contributed by atoms with Gasteiger partial charge in [0.15, 0.2) is 0 Å². The first-order chi connectivity index (χ1) is 9.76. The molecule has 2 amide bonds. The predicted octanol–water partition coefficient (Wildman–Crippen LogP) is 1.22. The zero-order chi connectivity index (χ0) is 15.8. The molecule has 0 unspecified atom stereocenters. The van der Waals surface area contributed by atoms with Gasteiger partial charge in [0.25, 0.3) is 0 Å². The molecule has 0 saturated carbocycles. The summed E-state index contributed by atoms with van der Waals surface area (Å²) in [6.45, 7) is 7.83. The molecule has 21 heavy (non-hydrogen) atoms. The van der Waals surface area contributed by atoms with Crippen LogP contribution in [-0.2, 0) is 23.2 Å². The maximum atomic E-state index is 13.0. The van der Waals surface area contributed by atoms with Gasteiger partial charge in [0.05, 0.1) is 6.20 Å². The summed E-state index contributed by atoms with van der Waals surface area (Å²) in [4.78, 5) is 27.1. The van der Waals surface area contributed by atoms with Gasteiger partial charge in [0.2, 0.25) is 11.8 Å². The Morgan fingerprint density at radius 3 is 2.33 bits per heavy atom. The summed E-state index contributed by atoms with van der Waals surface area (Å²) in [5.74, 6) is -0.115. The van der Waals surface area contributed by atoms with Crippen molar-refractivity contribution in [3.8, 4) is 0 Å². The van der Waals surface area contributed by atoms with Crippen LogP contribution < -0.4 is 5.32 Å². The summed E-state index contributed by atoms with van der Waals surface area (Å²) >= 11 is 0. The Morgan fingerprint density at radius 1 is 1.24 bits per heavy atom. The summed E-state index contributed by atoms with van der Waals surface area (Å²) in [7, 11) is 1.84. The monoisotopic (exact) mass is 292 g/mol. The van der Waals surface area contributed by atoms with Crippen LogP contribution in [0.3, 0.4) is 0 Å². The number of carbonyl (C=O) groups is 2. The van der Waals surface area contributed by atoms with Crippen molar-refractivity contribution in [2.75, 3.05) is 0 Å². The van der Waals surface area contributed by atoms with Crippen LogP contribution in [0.15, 0.2) is 12.4 Å². The SMILES string of the molecule is CCC1(CC)NC(=O)C(C)(C)N(Cc2cnn(C)c2)C1=O. The van der Waals surface area contributed by atoms with Gasteiger partial charge in [-0.1, -0.05) is 13.8 Å². The standard InChI is InChI=1S/C15H24N4O2/c1-6-15(7-2)13(21)19(14(3,4)12(20)17-15)10-11-8-16-18(5)9-11/h8-9H,6-7,10H2,1-5H3,(H,17,20). The topological polar surface area (TPSA) is 67.2 Å². The van der Waals surface area contributed by atoms with Gasteiger partial charge in [-0.2, -0.15) is 5.10 Å². The number of hydrogen-bond acceptors (Lipinski definition) is 3. The fourth-order valence-electron chi connectivity index (χ4n) is 2.79. The quantitative estimate of drug-likeness (QED) is 0.907. The van der Waals surface area contributed by atoms with Crippen molar-refractivity contribution in [2.24, 2.45) is 7.05 Å². The molecule has 0 spiro atoms. The van der Waals surface area contributed by atoms with Crippen molar-refractivity contribution >= 4 is 11.8 Å². The van der Waals surface area contributed by atoms with E-state index in [2.05, 4.69) is 10.4 Å². The van der Waals surface area contributed by atoms with Crippen LogP contribution in [0.2, 0.25) is 0 Å². The lowest BCUT2D eigenvalue weighted by molar-refractivity contribution is -0.162. The molecule has 116 valence electrons. The normalized spacial score (nSPS) is 20.5. The van der Waals surface area contributed by atoms with Crippen molar-refractivity contribution in [3.63, 3.8) is 0 Å². The molecule has 1 fully saturated rings. The van der Waals surface area contributed by atoms with Gasteiger partial charge in [-0.15, -0.1) is 0 Å². The van der Waals surface area contributed by atoms with Crippen LogP contribution in [0, 0.1) is 0 Å². The summed E-state index contributed by atoms with van der Waals surface area (Å²) in [5.41, 5.74) is -0.718. The minimum atomic E-state index is -0.860. The molecule has 1 aliphatic rings. The maximum absolute atomic E-state index is 13.0. The molecule has 1 N–H and O–H groups in total. The molecule has 0 radical (unpaired) electrons. The molecular weight excluding hydrogens is 268 g/mol. The van der Waals surface area contributed by atoms with Gasteiger partial charge < -0.3 is 10.2 Å². The number of carbonyl (C=O) groups excluding carboxylic acids is 2. The third-order valence-corrected chi connectivity index (χ3v) is 4.54. The molecule has 2 heterocycles. The van der Waals surface area contributed by atoms with Crippen molar-refractivity contribution in [3.05, 3.63) is 18.0 Å². The number of hydrogen-bond donors (Lipinski definition) is 1. The summed E-state index contributed by atoms with van der Waals surface area (Å²) in [6.07, 6.45) is 4.78. The molecular formula is C15H24N4O2. The van der Waals surface area contributed by atoms with E-state index < -0.39 is 11.1 Å². The maximum Gasteiger partial charge on any atom is 0.249 e. The third kappa shape index (κ3) is 2.43. The van der Waals surface area contributed by atoms with Crippen molar-refractivity contribution < 1.29 is 9.59 Å². The highest BCUT2D eigenvalue weighted by molar-refractivity contribution is 6.01. The lowest BCUT2D eigenvalue weighted by Gasteiger charge is -2.49. The molecule has 1 aromatic heterocycles. The van der Waals surface area contributed by atoms with E-state index in [9.17, 15) is 9.59 Å². The van der Waals surface area contributed by atoms with Crippen LogP contribution in [0.25, 0.3) is 0 Å². The van der Waals surface area contributed by atoms with Crippen molar-refractivity contribution in [2.45, 2.75) is 58.2 Å². The Labute approximate surface area is 125 Å². The highest BCUT2D eigenvalue weighted by Gasteiger charge is 2.52. The van der Waals surface area contributed by atoms with Gasteiger partial charge >= 0.3 is 0 Å². The minimum Gasteiger partial charge on any atom is -0.340 e. The smallest absolute Gasteiger partial charge is 0.249 e. The molecule has 6 nitrogen and oxygen atoms in total. The third-order valence-electron chi connectivity index (χ3n) is 4.54. The lowest BCUT2D eigenvalue weighted by Crippen LogP contribution is -2.73. The second kappa shape index (κ2) is 5.16. The largest absolute Gasteiger partial charge is 0.340 e. The molecule has 6 heteroatoms. The molecule has 1 aliphatic heterocycles. The number of aromatic nitrogens is 2. The molecule has 0 aliphatic carbocycles. The van der Waals surface area contributed by atoms with E-state index in [1.54, 1.807) is 29.6 Å². The molecule has 1 saturated heterocycles. The van der Waals surface area contributed by atoms with E-state index in [1.807, 2.05) is 27.1 Å². The Bertz CT molecular complexity index is 558. The Hall–Kier alpha value is -1.85. The first-order valence-electron chi connectivity index (χ1n) is 7.39. The summed E-state index contributed by atoms with van der Waals surface area (Å²) in [6, 6.07) is 0. The average Bonchev–Trinajstić information content (AvgIpc) is 2.85. The fraction of sp³-hybridized carbons (Fsp3) is 0.667. The van der Waals surface area contributed by atoms with Gasteiger partial charge in [0, 0.05) is 25.4 Å². The molecule has 0 bridgehead atoms. The van der Waals surface area contributed by atoms with Crippen LogP contribution in [-0.4, -0.2) is 37.6 Å². The van der Waals surface area contributed by atoms with Gasteiger partial charge in [0.1, 0.15) is 11.1 Å². The molecule has 0 atom stereocenters. The zero-order valence-electron chi connectivity index (χ0n) is 13.4. The fourth-order valence-corrected chi connectivity index (χ4v) is 2.79.